The molecule has 0 amide bonds. The van der Waals surface area contributed by atoms with E-state index >= 15 is 0 Å². The van der Waals surface area contributed by atoms with Crippen LogP contribution in [0.3, 0.4) is 0 Å². The Kier molecular flexibility index (Phi) is 5.65. The lowest BCUT2D eigenvalue weighted by Gasteiger charge is -2.29. The van der Waals surface area contributed by atoms with E-state index in [1.807, 2.05) is 18.2 Å². The molecule has 0 radical (unpaired) electrons. The van der Waals surface area contributed by atoms with Gasteiger partial charge in [0, 0.05) is 36.1 Å². The molecule has 1 fully saturated rings. The molecule has 2 aliphatic rings. The van der Waals surface area contributed by atoms with Gasteiger partial charge in [0.2, 0.25) is 0 Å². The normalized spacial score (nSPS) is 16.5. The Morgan fingerprint density at radius 1 is 1.00 bits per heavy atom. The predicted molar refractivity (Wildman–Crippen MR) is 123 cm³/mol. The number of fused-ring (bicyclic) bond motifs is 5. The highest BCUT2D eigenvalue weighted by Crippen LogP contribution is 2.43. The van der Waals surface area contributed by atoms with E-state index in [4.69, 9.17) is 14.2 Å². The second-order valence-electron chi connectivity index (χ2n) is 8.30. The average molecular weight is 450 g/mol. The molecule has 1 aliphatic heterocycles. The van der Waals surface area contributed by atoms with Crippen LogP contribution < -0.4 is 15.0 Å². The van der Waals surface area contributed by atoms with Crippen LogP contribution in [0.1, 0.15) is 15.9 Å². The number of morpholine rings is 1. The molecule has 1 atom stereocenters. The van der Waals surface area contributed by atoms with E-state index in [9.17, 15) is 14.7 Å². The molecule has 172 valence electrons. The van der Waals surface area contributed by atoms with Gasteiger partial charge in [-0.25, -0.2) is 0 Å². The first-order chi connectivity index (χ1) is 16.0. The Morgan fingerprint density at radius 2 is 1.73 bits per heavy atom. The molecule has 1 aromatic heterocycles. The van der Waals surface area contributed by atoms with Crippen molar-refractivity contribution >= 4 is 16.6 Å². The van der Waals surface area contributed by atoms with E-state index in [2.05, 4.69) is 4.90 Å². The van der Waals surface area contributed by atoms with Crippen molar-refractivity contribution in [2.45, 2.75) is 12.6 Å². The van der Waals surface area contributed by atoms with Crippen molar-refractivity contribution in [3.8, 4) is 22.8 Å². The van der Waals surface area contributed by atoms with Gasteiger partial charge in [0.15, 0.2) is 17.3 Å². The summed E-state index contributed by atoms with van der Waals surface area (Å²) >= 11 is 0. The van der Waals surface area contributed by atoms with Crippen molar-refractivity contribution in [1.82, 2.24) is 9.47 Å². The molecule has 3 aromatic rings. The van der Waals surface area contributed by atoms with Gasteiger partial charge in [-0.05, 0) is 12.1 Å². The topological polar surface area (TPSA) is 90.2 Å². The van der Waals surface area contributed by atoms with Crippen LogP contribution in [0.15, 0.2) is 41.2 Å². The Labute approximate surface area is 190 Å². The molecular weight excluding hydrogens is 424 g/mol. The van der Waals surface area contributed by atoms with Crippen molar-refractivity contribution in [2.75, 3.05) is 47.1 Å². The number of nitrogens with zero attached hydrogens (tertiary/aromatic N) is 2. The fraction of sp³-hybridized carbons (Fsp3) is 0.360. The fourth-order valence-corrected chi connectivity index (χ4v) is 4.90. The summed E-state index contributed by atoms with van der Waals surface area (Å²) in [7, 11) is 2.97. The van der Waals surface area contributed by atoms with Gasteiger partial charge in [-0.1, -0.05) is 24.3 Å². The SMILES string of the molecule is COc1ccc2c3c(n(CC(O)CN4CCOCC4)c(=O)c2c1OC)-c1ccccc1C3=O. The molecule has 0 bridgehead atoms. The van der Waals surface area contributed by atoms with Crippen LogP contribution in [0.5, 0.6) is 11.5 Å². The third kappa shape index (κ3) is 3.51. The lowest BCUT2D eigenvalue weighted by molar-refractivity contribution is 0.0114. The number of aliphatic hydroxyl groups is 1. The molecule has 8 heteroatoms. The summed E-state index contributed by atoms with van der Waals surface area (Å²) in [6.07, 6.45) is -0.804. The molecule has 0 spiro atoms. The minimum Gasteiger partial charge on any atom is -0.493 e. The minimum atomic E-state index is -0.804. The number of hydrogen-bond acceptors (Lipinski definition) is 7. The number of pyridine rings is 1. The van der Waals surface area contributed by atoms with Crippen LogP contribution in [0.2, 0.25) is 0 Å². The zero-order valence-electron chi connectivity index (χ0n) is 18.7. The molecule has 2 aromatic carbocycles. The molecule has 8 nitrogen and oxygen atoms in total. The van der Waals surface area contributed by atoms with Gasteiger partial charge >= 0.3 is 0 Å². The molecule has 5 rings (SSSR count). The lowest BCUT2D eigenvalue weighted by atomic mass is 10.0. The summed E-state index contributed by atoms with van der Waals surface area (Å²) in [5.41, 5.74) is 1.91. The number of ether oxygens (including phenoxy) is 3. The summed E-state index contributed by atoms with van der Waals surface area (Å²) < 4.78 is 17.9. The van der Waals surface area contributed by atoms with Gasteiger partial charge in [0.05, 0.1) is 56.7 Å². The van der Waals surface area contributed by atoms with Crippen molar-refractivity contribution in [2.24, 2.45) is 0 Å². The number of carbonyl (C=O) groups excluding carboxylic acids is 1. The average Bonchev–Trinajstić information content (AvgIpc) is 3.14. The Bertz CT molecular complexity index is 1290. The first-order valence-corrected chi connectivity index (χ1v) is 11.0. The first kappa shape index (κ1) is 21.6. The van der Waals surface area contributed by atoms with E-state index < -0.39 is 6.10 Å². The lowest BCUT2D eigenvalue weighted by Crippen LogP contribution is -2.43. The van der Waals surface area contributed by atoms with Crippen LogP contribution in [0.4, 0.5) is 0 Å². The zero-order chi connectivity index (χ0) is 23.1. The summed E-state index contributed by atoms with van der Waals surface area (Å²) in [4.78, 5) is 29.4. The predicted octanol–water partition coefficient (Wildman–Crippen LogP) is 1.92. The number of carbonyl (C=O) groups is 1. The number of rotatable bonds is 6. The standard InChI is InChI=1S/C25H26N2O6/c1-31-19-8-7-18-20-22(16-5-3-4-6-17(16)23(20)29)27(25(30)21(18)24(19)32-2)14-15(28)13-26-9-11-33-12-10-26/h3-8,15,28H,9-14H2,1-2H3. The highest BCUT2D eigenvalue weighted by atomic mass is 16.5. The largest absolute Gasteiger partial charge is 0.493 e. The van der Waals surface area contributed by atoms with E-state index in [1.165, 1.54) is 18.8 Å². The monoisotopic (exact) mass is 450 g/mol. The van der Waals surface area contributed by atoms with Crippen molar-refractivity contribution < 1.29 is 24.1 Å². The van der Waals surface area contributed by atoms with E-state index in [0.717, 1.165) is 13.1 Å². The first-order valence-electron chi connectivity index (χ1n) is 11.0. The molecular formula is C25H26N2O6. The molecule has 33 heavy (non-hydrogen) atoms. The summed E-state index contributed by atoms with van der Waals surface area (Å²) in [6, 6.07) is 10.7. The van der Waals surface area contributed by atoms with E-state index in [-0.39, 0.29) is 29.0 Å². The molecule has 1 N–H and O–H groups in total. The number of aromatic nitrogens is 1. The van der Waals surface area contributed by atoms with Gasteiger partial charge < -0.3 is 23.9 Å². The number of hydrogen-bond donors (Lipinski definition) is 1. The third-order valence-electron chi connectivity index (χ3n) is 6.40. The van der Waals surface area contributed by atoms with Crippen molar-refractivity contribution in [3.05, 3.63) is 57.9 Å². The fourth-order valence-electron chi connectivity index (χ4n) is 4.90. The second-order valence-corrected chi connectivity index (χ2v) is 8.30. The summed E-state index contributed by atoms with van der Waals surface area (Å²) in [5, 5.41) is 11.7. The van der Waals surface area contributed by atoms with Crippen LogP contribution in [-0.2, 0) is 11.3 Å². The van der Waals surface area contributed by atoms with Gasteiger partial charge in [0.1, 0.15) is 0 Å². The second kappa shape index (κ2) is 8.62. The van der Waals surface area contributed by atoms with Crippen LogP contribution in [0, 0.1) is 0 Å². The number of methoxy groups -OCH3 is 2. The number of β-amino-alcohol motifs (C(OH)–C–C–N with tert-alkyl or cyclic N) is 1. The number of benzene rings is 2. The van der Waals surface area contributed by atoms with Crippen LogP contribution >= 0.6 is 0 Å². The number of ketones is 1. The zero-order valence-corrected chi connectivity index (χ0v) is 18.7. The van der Waals surface area contributed by atoms with Gasteiger partial charge in [0.25, 0.3) is 5.56 Å². The summed E-state index contributed by atoms with van der Waals surface area (Å²) in [5.74, 6) is 0.544. The van der Waals surface area contributed by atoms with E-state index in [1.54, 1.807) is 18.2 Å². The molecule has 1 aliphatic carbocycles. The Morgan fingerprint density at radius 3 is 2.42 bits per heavy atom. The van der Waals surface area contributed by atoms with Gasteiger partial charge in [-0.2, -0.15) is 0 Å². The van der Waals surface area contributed by atoms with Crippen LogP contribution in [0.25, 0.3) is 22.0 Å². The molecule has 2 heterocycles. The smallest absolute Gasteiger partial charge is 0.262 e. The van der Waals surface area contributed by atoms with Gasteiger partial charge in [-0.15, -0.1) is 0 Å². The maximum Gasteiger partial charge on any atom is 0.262 e. The van der Waals surface area contributed by atoms with E-state index in [0.29, 0.717) is 53.3 Å². The number of aliphatic hydroxyl groups excluding tert-OH is 1. The molecule has 1 unspecified atom stereocenters. The Balaban J connectivity index is 1.71. The maximum atomic E-state index is 13.9. The quantitative estimate of drug-likeness (QED) is 0.480. The minimum absolute atomic E-state index is 0.0520. The van der Waals surface area contributed by atoms with Gasteiger partial charge in [-0.3, -0.25) is 14.5 Å². The highest BCUT2D eigenvalue weighted by molar-refractivity contribution is 6.27. The Hall–Kier alpha value is -3.20. The van der Waals surface area contributed by atoms with Crippen LogP contribution in [-0.4, -0.2) is 73.5 Å². The van der Waals surface area contributed by atoms with Crippen molar-refractivity contribution in [1.29, 1.82) is 0 Å². The molecule has 0 saturated carbocycles. The summed E-state index contributed by atoms with van der Waals surface area (Å²) in [6.45, 7) is 3.17. The maximum absolute atomic E-state index is 13.9. The highest BCUT2D eigenvalue weighted by Gasteiger charge is 2.34. The third-order valence-corrected chi connectivity index (χ3v) is 6.40. The molecule has 1 saturated heterocycles. The van der Waals surface area contributed by atoms with Crippen molar-refractivity contribution in [3.63, 3.8) is 0 Å².